The fourth-order valence-electron chi connectivity index (χ4n) is 3.64. The number of ether oxygens (including phenoxy) is 4. The third kappa shape index (κ3) is 3.98. The lowest BCUT2D eigenvalue weighted by molar-refractivity contribution is -0.129. The van der Waals surface area contributed by atoms with E-state index in [0.717, 1.165) is 42.9 Å². The van der Waals surface area contributed by atoms with Gasteiger partial charge in [0.1, 0.15) is 17.4 Å². The summed E-state index contributed by atoms with van der Waals surface area (Å²) < 4.78 is 23.8. The van der Waals surface area contributed by atoms with E-state index in [0.29, 0.717) is 17.2 Å². The predicted molar refractivity (Wildman–Crippen MR) is 105 cm³/mol. The number of hydrogen-bond donors (Lipinski definition) is 0. The van der Waals surface area contributed by atoms with Gasteiger partial charge in [0.15, 0.2) is 11.5 Å². The molecule has 0 bridgehead atoms. The van der Waals surface area contributed by atoms with Crippen LogP contribution < -0.4 is 14.2 Å². The monoisotopic (exact) mass is 394 g/mol. The van der Waals surface area contributed by atoms with Crippen LogP contribution in [-0.2, 0) is 16.1 Å². The van der Waals surface area contributed by atoms with E-state index >= 15 is 0 Å². The van der Waals surface area contributed by atoms with E-state index in [1.165, 1.54) is 0 Å². The lowest BCUT2D eigenvalue weighted by Crippen LogP contribution is -2.16. The molecule has 2 aromatic rings. The number of rotatable bonds is 5. The zero-order valence-corrected chi connectivity index (χ0v) is 16.4. The Morgan fingerprint density at radius 1 is 1.31 bits per heavy atom. The van der Waals surface area contributed by atoms with Crippen molar-refractivity contribution in [1.82, 2.24) is 4.57 Å². The van der Waals surface area contributed by atoms with Crippen LogP contribution in [0.2, 0.25) is 0 Å². The maximum atomic E-state index is 12.5. The van der Waals surface area contributed by atoms with Gasteiger partial charge in [0, 0.05) is 30.6 Å². The molecule has 1 aromatic heterocycles. The molecule has 1 saturated heterocycles. The van der Waals surface area contributed by atoms with Crippen LogP contribution in [0.4, 0.5) is 0 Å². The van der Waals surface area contributed by atoms with Gasteiger partial charge in [-0.25, -0.2) is 4.79 Å². The van der Waals surface area contributed by atoms with E-state index in [1.807, 2.05) is 26.0 Å². The van der Waals surface area contributed by atoms with Crippen molar-refractivity contribution in [3.63, 3.8) is 0 Å². The SMILES string of the molecule is Cc1cc(/C=C(\C#N)C(=O)Oc2ccc3c(c2)OCO3)c(C)n1C[C@@H]1CCCO1. The molecule has 0 saturated carbocycles. The fraction of sp³-hybridized carbons (Fsp3) is 0.364. The van der Waals surface area contributed by atoms with E-state index in [1.54, 1.807) is 24.3 Å². The topological polar surface area (TPSA) is 82.7 Å². The standard InChI is InChI=1S/C22H22N2O5/c1-14-8-16(15(2)24(14)12-19-4-3-7-26-19)9-17(11-23)22(25)29-18-5-6-20-21(10-18)28-13-27-20/h5-6,8-10,19H,3-4,7,12-13H2,1-2H3/b17-9+/t19-/m0/s1. The maximum Gasteiger partial charge on any atom is 0.354 e. The maximum absolute atomic E-state index is 12.5. The minimum absolute atomic E-state index is 0.0694. The Kier molecular flexibility index (Phi) is 5.28. The van der Waals surface area contributed by atoms with Gasteiger partial charge in [-0.15, -0.1) is 0 Å². The van der Waals surface area contributed by atoms with Gasteiger partial charge in [-0.2, -0.15) is 5.26 Å². The fourth-order valence-corrected chi connectivity index (χ4v) is 3.64. The molecule has 1 atom stereocenters. The number of fused-ring (bicyclic) bond motifs is 1. The average Bonchev–Trinajstić information content (AvgIpc) is 3.44. The smallest absolute Gasteiger partial charge is 0.354 e. The summed E-state index contributed by atoms with van der Waals surface area (Å²) >= 11 is 0. The number of nitriles is 1. The quantitative estimate of drug-likeness (QED) is 0.334. The number of carbonyl (C=O) groups excluding carboxylic acids is 1. The van der Waals surface area contributed by atoms with Gasteiger partial charge >= 0.3 is 5.97 Å². The first kappa shape index (κ1) is 19.1. The van der Waals surface area contributed by atoms with Crippen LogP contribution in [0.3, 0.4) is 0 Å². The summed E-state index contributed by atoms with van der Waals surface area (Å²) in [5.41, 5.74) is 2.80. The number of benzene rings is 1. The molecule has 29 heavy (non-hydrogen) atoms. The van der Waals surface area contributed by atoms with Gasteiger partial charge in [-0.3, -0.25) is 0 Å². The Balaban J connectivity index is 1.52. The molecule has 0 radical (unpaired) electrons. The highest BCUT2D eigenvalue weighted by Gasteiger charge is 2.20. The number of aryl methyl sites for hydroxylation is 1. The van der Waals surface area contributed by atoms with Gasteiger partial charge in [0.05, 0.1) is 6.10 Å². The number of aromatic nitrogens is 1. The Morgan fingerprint density at radius 2 is 2.14 bits per heavy atom. The molecular formula is C22H22N2O5. The van der Waals surface area contributed by atoms with Crippen molar-refractivity contribution < 1.29 is 23.7 Å². The van der Waals surface area contributed by atoms with E-state index in [4.69, 9.17) is 18.9 Å². The van der Waals surface area contributed by atoms with Crippen LogP contribution >= 0.6 is 0 Å². The molecule has 0 N–H and O–H groups in total. The lowest BCUT2D eigenvalue weighted by atomic mass is 10.1. The van der Waals surface area contributed by atoms with Crippen molar-refractivity contribution in [3.8, 4) is 23.3 Å². The first-order valence-corrected chi connectivity index (χ1v) is 9.57. The molecule has 7 heteroatoms. The summed E-state index contributed by atoms with van der Waals surface area (Å²) in [6.07, 6.45) is 3.92. The van der Waals surface area contributed by atoms with E-state index < -0.39 is 5.97 Å². The summed E-state index contributed by atoms with van der Waals surface area (Å²) in [5, 5.41) is 9.50. The van der Waals surface area contributed by atoms with Crippen molar-refractivity contribution in [3.05, 3.63) is 46.8 Å². The Bertz CT molecular complexity index is 1010. The van der Waals surface area contributed by atoms with Crippen molar-refractivity contribution in [2.75, 3.05) is 13.4 Å². The number of hydrogen-bond acceptors (Lipinski definition) is 6. The highest BCUT2D eigenvalue weighted by molar-refractivity contribution is 5.99. The summed E-state index contributed by atoms with van der Waals surface area (Å²) in [6, 6.07) is 8.76. The molecule has 4 rings (SSSR count). The first-order chi connectivity index (χ1) is 14.0. The van der Waals surface area contributed by atoms with Gasteiger partial charge in [0.25, 0.3) is 0 Å². The van der Waals surface area contributed by atoms with Crippen LogP contribution in [0.25, 0.3) is 6.08 Å². The first-order valence-electron chi connectivity index (χ1n) is 9.57. The van der Waals surface area contributed by atoms with Crippen molar-refractivity contribution in [1.29, 1.82) is 5.26 Å². The zero-order chi connectivity index (χ0) is 20.4. The number of carbonyl (C=O) groups is 1. The normalized spacial score (nSPS) is 18.0. The molecule has 0 aliphatic carbocycles. The molecule has 1 fully saturated rings. The highest BCUT2D eigenvalue weighted by atomic mass is 16.7. The van der Waals surface area contributed by atoms with Crippen molar-refractivity contribution in [2.45, 2.75) is 39.3 Å². The molecule has 0 spiro atoms. The van der Waals surface area contributed by atoms with E-state index in [9.17, 15) is 10.1 Å². The van der Waals surface area contributed by atoms with Crippen LogP contribution in [0, 0.1) is 25.2 Å². The lowest BCUT2D eigenvalue weighted by Gasteiger charge is -2.14. The van der Waals surface area contributed by atoms with Gasteiger partial charge in [-0.05, 0) is 56.5 Å². The summed E-state index contributed by atoms with van der Waals surface area (Å²) in [5.74, 6) is 0.689. The largest absolute Gasteiger partial charge is 0.454 e. The van der Waals surface area contributed by atoms with E-state index in [-0.39, 0.29) is 18.5 Å². The predicted octanol–water partition coefficient (Wildman–Crippen LogP) is 3.53. The molecule has 0 amide bonds. The van der Waals surface area contributed by atoms with Crippen LogP contribution in [-0.4, -0.2) is 30.0 Å². The minimum Gasteiger partial charge on any atom is -0.454 e. The van der Waals surface area contributed by atoms with Crippen LogP contribution in [0.1, 0.15) is 29.8 Å². The molecule has 2 aliphatic rings. The number of nitrogens with zero attached hydrogens (tertiary/aromatic N) is 2. The van der Waals surface area contributed by atoms with Gasteiger partial charge in [-0.1, -0.05) is 0 Å². The number of esters is 1. The second-order valence-corrected chi connectivity index (χ2v) is 7.15. The minimum atomic E-state index is -0.713. The summed E-state index contributed by atoms with van der Waals surface area (Å²) in [7, 11) is 0. The Labute approximate surface area is 169 Å². The second kappa shape index (κ2) is 8.02. The van der Waals surface area contributed by atoms with Crippen molar-refractivity contribution in [2.24, 2.45) is 0 Å². The van der Waals surface area contributed by atoms with Crippen molar-refractivity contribution >= 4 is 12.0 Å². The summed E-state index contributed by atoms with van der Waals surface area (Å²) in [6.45, 7) is 5.70. The molecule has 3 heterocycles. The van der Waals surface area contributed by atoms with Crippen LogP contribution in [0.15, 0.2) is 29.8 Å². The highest BCUT2D eigenvalue weighted by Crippen LogP contribution is 2.35. The zero-order valence-electron chi connectivity index (χ0n) is 16.4. The third-order valence-corrected chi connectivity index (χ3v) is 5.22. The second-order valence-electron chi connectivity index (χ2n) is 7.15. The molecule has 150 valence electrons. The summed E-state index contributed by atoms with van der Waals surface area (Å²) in [4.78, 5) is 12.5. The van der Waals surface area contributed by atoms with Crippen LogP contribution in [0.5, 0.6) is 17.2 Å². The van der Waals surface area contributed by atoms with E-state index in [2.05, 4.69) is 4.57 Å². The Morgan fingerprint density at radius 3 is 2.90 bits per heavy atom. The van der Waals surface area contributed by atoms with Gasteiger partial charge in [0.2, 0.25) is 6.79 Å². The average molecular weight is 394 g/mol. The molecule has 0 unspecified atom stereocenters. The van der Waals surface area contributed by atoms with Gasteiger partial charge < -0.3 is 23.5 Å². The molecule has 2 aliphatic heterocycles. The molecule has 7 nitrogen and oxygen atoms in total. The molecular weight excluding hydrogens is 372 g/mol. The molecule has 1 aromatic carbocycles. The Hall–Kier alpha value is -3.24. The third-order valence-electron chi connectivity index (χ3n) is 5.22.